The monoisotopic (exact) mass is 498 g/mol. The van der Waals surface area contributed by atoms with Crippen LogP contribution in [-0.4, -0.2) is 47.6 Å². The highest BCUT2D eigenvalue weighted by Crippen LogP contribution is 2.30. The number of fused-ring (bicyclic) bond motifs is 1. The topological polar surface area (TPSA) is 94.6 Å². The molecule has 1 amide bonds. The Labute approximate surface area is 199 Å². The number of rotatable bonds is 7. The molecule has 2 unspecified atom stereocenters. The molecule has 1 aromatic carbocycles. The van der Waals surface area contributed by atoms with E-state index in [-0.39, 0.29) is 6.04 Å². The maximum Gasteiger partial charge on any atom is 0.573 e. The van der Waals surface area contributed by atoms with Crippen LogP contribution in [0.5, 0.6) is 11.6 Å². The summed E-state index contributed by atoms with van der Waals surface area (Å²) < 4.78 is 66.2. The standard InChI is InChI=1S/C23H26F4N4O4/c1-2-17(13-3-5-18(16(24)11-13)35-23(25,26)27)30-20(32)19-6-4-14-12-28-22(31-21(14)34-19)29-15-7-9-33-10-8-15/h3,5,11-12,15,17,19H,2,4,6-10H2,1H3,(H,30,32)(H,28,29,31). The molecule has 8 nitrogen and oxygen atoms in total. The second-order valence-electron chi connectivity index (χ2n) is 8.41. The smallest absolute Gasteiger partial charge is 0.464 e. The van der Waals surface area contributed by atoms with Gasteiger partial charge in [0, 0.05) is 31.0 Å². The third kappa shape index (κ3) is 6.50. The van der Waals surface area contributed by atoms with Gasteiger partial charge in [0.05, 0.1) is 6.04 Å². The van der Waals surface area contributed by atoms with Gasteiger partial charge in [0.15, 0.2) is 17.7 Å². The van der Waals surface area contributed by atoms with Crippen molar-refractivity contribution in [1.29, 1.82) is 0 Å². The molecule has 1 fully saturated rings. The van der Waals surface area contributed by atoms with Gasteiger partial charge in [-0.2, -0.15) is 4.98 Å². The molecule has 2 N–H and O–H groups in total. The number of nitrogens with zero attached hydrogens (tertiary/aromatic N) is 2. The third-order valence-electron chi connectivity index (χ3n) is 5.91. The van der Waals surface area contributed by atoms with Gasteiger partial charge in [-0.1, -0.05) is 13.0 Å². The first-order chi connectivity index (χ1) is 16.7. The summed E-state index contributed by atoms with van der Waals surface area (Å²) in [5.41, 5.74) is 1.11. The van der Waals surface area contributed by atoms with Crippen molar-refractivity contribution in [2.45, 2.75) is 63.6 Å². The van der Waals surface area contributed by atoms with E-state index in [1.807, 2.05) is 0 Å². The fraction of sp³-hybridized carbons (Fsp3) is 0.522. The lowest BCUT2D eigenvalue weighted by Crippen LogP contribution is -2.42. The molecule has 0 radical (unpaired) electrons. The minimum absolute atomic E-state index is 0.197. The number of carbonyl (C=O) groups is 1. The number of halogens is 4. The quantitative estimate of drug-likeness (QED) is 0.556. The van der Waals surface area contributed by atoms with Crippen molar-refractivity contribution in [3.05, 3.63) is 41.3 Å². The number of amides is 1. The van der Waals surface area contributed by atoms with Crippen LogP contribution in [0.15, 0.2) is 24.4 Å². The molecule has 1 saturated heterocycles. The van der Waals surface area contributed by atoms with Crippen LogP contribution in [-0.2, 0) is 16.0 Å². The highest BCUT2D eigenvalue weighted by molar-refractivity contribution is 5.82. The fourth-order valence-electron chi connectivity index (χ4n) is 4.05. The molecule has 2 aliphatic rings. The van der Waals surface area contributed by atoms with E-state index < -0.39 is 36.0 Å². The maximum atomic E-state index is 14.2. The Morgan fingerprint density at radius 2 is 2.03 bits per heavy atom. The first-order valence-corrected chi connectivity index (χ1v) is 11.4. The SMILES string of the molecule is CCC(NC(=O)C1CCc2cnc(NC3CCOCC3)nc2O1)c1ccc(OC(F)(F)F)c(F)c1. The predicted molar refractivity (Wildman–Crippen MR) is 116 cm³/mol. The van der Waals surface area contributed by atoms with E-state index in [1.165, 1.54) is 6.07 Å². The summed E-state index contributed by atoms with van der Waals surface area (Å²) in [7, 11) is 0. The molecule has 190 valence electrons. The zero-order valence-electron chi connectivity index (χ0n) is 19.0. The lowest BCUT2D eigenvalue weighted by atomic mass is 10.0. The molecule has 4 rings (SSSR count). The molecule has 35 heavy (non-hydrogen) atoms. The summed E-state index contributed by atoms with van der Waals surface area (Å²) in [5, 5.41) is 6.06. The minimum atomic E-state index is -5.00. The van der Waals surface area contributed by atoms with Gasteiger partial charge in [0.2, 0.25) is 11.8 Å². The Bertz CT molecular complexity index is 1050. The van der Waals surface area contributed by atoms with Crippen LogP contribution in [0.25, 0.3) is 0 Å². The molecule has 0 aliphatic carbocycles. The van der Waals surface area contributed by atoms with E-state index in [0.717, 1.165) is 30.5 Å². The number of nitrogens with one attached hydrogen (secondary N) is 2. The normalized spacial score (nSPS) is 19.3. The number of carbonyl (C=O) groups excluding carboxylic acids is 1. The first-order valence-electron chi connectivity index (χ1n) is 11.4. The average molecular weight is 498 g/mol. The third-order valence-corrected chi connectivity index (χ3v) is 5.91. The second kappa shape index (κ2) is 10.6. The van der Waals surface area contributed by atoms with Crippen LogP contribution >= 0.6 is 0 Å². The molecule has 3 heterocycles. The molecule has 0 bridgehead atoms. The second-order valence-corrected chi connectivity index (χ2v) is 8.41. The van der Waals surface area contributed by atoms with Gasteiger partial charge in [-0.25, -0.2) is 9.37 Å². The van der Waals surface area contributed by atoms with Crippen LogP contribution in [0.1, 0.15) is 49.8 Å². The lowest BCUT2D eigenvalue weighted by Gasteiger charge is -2.27. The van der Waals surface area contributed by atoms with Gasteiger partial charge >= 0.3 is 6.36 Å². The molecule has 0 spiro atoms. The molecule has 2 aliphatic heterocycles. The average Bonchev–Trinajstić information content (AvgIpc) is 2.83. The lowest BCUT2D eigenvalue weighted by molar-refractivity contribution is -0.275. The summed E-state index contributed by atoms with van der Waals surface area (Å²) in [6.45, 7) is 3.10. The Morgan fingerprint density at radius 3 is 2.71 bits per heavy atom. The predicted octanol–water partition coefficient (Wildman–Crippen LogP) is 4.07. The van der Waals surface area contributed by atoms with Crippen molar-refractivity contribution in [3.63, 3.8) is 0 Å². The van der Waals surface area contributed by atoms with Crippen LogP contribution in [0.4, 0.5) is 23.5 Å². The van der Waals surface area contributed by atoms with Crippen molar-refractivity contribution >= 4 is 11.9 Å². The number of aryl methyl sites for hydroxylation is 1. The number of hydrogen-bond acceptors (Lipinski definition) is 7. The van der Waals surface area contributed by atoms with E-state index in [1.54, 1.807) is 13.1 Å². The molecular weight excluding hydrogens is 472 g/mol. The Morgan fingerprint density at radius 1 is 1.26 bits per heavy atom. The van der Waals surface area contributed by atoms with E-state index in [2.05, 4.69) is 25.3 Å². The summed E-state index contributed by atoms with van der Waals surface area (Å²) in [6, 6.07) is 2.68. The van der Waals surface area contributed by atoms with E-state index in [0.29, 0.717) is 49.9 Å². The van der Waals surface area contributed by atoms with Gasteiger partial charge in [-0.05, 0) is 49.8 Å². The van der Waals surface area contributed by atoms with Crippen LogP contribution in [0.2, 0.25) is 0 Å². The van der Waals surface area contributed by atoms with Crippen molar-refractivity contribution in [2.75, 3.05) is 18.5 Å². The summed E-state index contributed by atoms with van der Waals surface area (Å²) in [6.07, 6.45) is -1.13. The maximum absolute atomic E-state index is 14.2. The van der Waals surface area contributed by atoms with Gasteiger partial charge < -0.3 is 24.8 Å². The van der Waals surface area contributed by atoms with E-state index >= 15 is 0 Å². The zero-order valence-corrected chi connectivity index (χ0v) is 19.0. The van der Waals surface area contributed by atoms with Gasteiger partial charge in [-0.15, -0.1) is 13.2 Å². The van der Waals surface area contributed by atoms with Gasteiger partial charge in [0.25, 0.3) is 5.91 Å². The number of aromatic nitrogens is 2. The van der Waals surface area contributed by atoms with Crippen molar-refractivity contribution < 1.29 is 36.6 Å². The van der Waals surface area contributed by atoms with Crippen LogP contribution in [0.3, 0.4) is 0 Å². The van der Waals surface area contributed by atoms with E-state index in [9.17, 15) is 22.4 Å². The van der Waals surface area contributed by atoms with Crippen molar-refractivity contribution in [2.24, 2.45) is 0 Å². The van der Waals surface area contributed by atoms with Crippen molar-refractivity contribution in [1.82, 2.24) is 15.3 Å². The summed E-state index contributed by atoms with van der Waals surface area (Å²) in [5.74, 6) is -1.78. The highest BCUT2D eigenvalue weighted by atomic mass is 19.4. The number of anilines is 1. The van der Waals surface area contributed by atoms with Crippen molar-refractivity contribution in [3.8, 4) is 11.6 Å². The van der Waals surface area contributed by atoms with Crippen LogP contribution in [0, 0.1) is 5.82 Å². The Kier molecular flexibility index (Phi) is 7.58. The Hall–Kier alpha value is -3.15. The Balaban J connectivity index is 1.40. The number of benzene rings is 1. The minimum Gasteiger partial charge on any atom is -0.464 e. The molecule has 0 saturated carbocycles. The molecule has 12 heteroatoms. The number of alkyl halides is 3. The first kappa shape index (κ1) is 25.0. The van der Waals surface area contributed by atoms with Crippen LogP contribution < -0.4 is 20.1 Å². The van der Waals surface area contributed by atoms with Gasteiger partial charge in [-0.3, -0.25) is 4.79 Å². The molecule has 2 aromatic rings. The summed E-state index contributed by atoms with van der Waals surface area (Å²) >= 11 is 0. The molecule has 2 atom stereocenters. The highest BCUT2D eigenvalue weighted by Gasteiger charge is 2.33. The molecular formula is C23H26F4N4O4. The fourth-order valence-corrected chi connectivity index (χ4v) is 4.05. The number of ether oxygens (including phenoxy) is 3. The van der Waals surface area contributed by atoms with Gasteiger partial charge in [0.1, 0.15) is 0 Å². The molecule has 1 aromatic heterocycles. The summed E-state index contributed by atoms with van der Waals surface area (Å²) in [4.78, 5) is 21.7. The number of hydrogen-bond donors (Lipinski definition) is 2. The zero-order chi connectivity index (χ0) is 25.0. The van der Waals surface area contributed by atoms with E-state index in [4.69, 9.17) is 9.47 Å². The largest absolute Gasteiger partial charge is 0.573 e.